The molecular formula is C34H50ClN5O7S2. The number of thiol groups is 2. The second-order valence-electron chi connectivity index (χ2n) is 13.7. The van der Waals surface area contributed by atoms with Gasteiger partial charge in [0.2, 0.25) is 6.41 Å². The average Bonchev–Trinajstić information content (AvgIpc) is 2.98. The summed E-state index contributed by atoms with van der Waals surface area (Å²) in [6.45, 7) is 15.8. The highest BCUT2D eigenvalue weighted by atomic mass is 35.5. The monoisotopic (exact) mass is 739 g/mol. The van der Waals surface area contributed by atoms with Crippen molar-refractivity contribution in [3.63, 3.8) is 0 Å². The molecule has 1 aromatic heterocycles. The standard InChI is InChI=1S/C34H49N5O7S2.ClH/c1-19(30(47)48)24(20(2)39(18-40)17-23-16-37-21(3)38-28(23)36)12-13-44-29(41)25(35)14-22-10-11-26(45-31(42)33(4,5)6)27(15-22)46-32(43)34(7,8)9;/h10-11,15-16,18-19,25,30,47-48H,12-14,17,35H2,1-9H3,(H2,36,37,38);1H. The highest BCUT2D eigenvalue weighted by Crippen LogP contribution is 2.33. The number of hydrogen-bond acceptors (Lipinski definition) is 13. The summed E-state index contributed by atoms with van der Waals surface area (Å²) in [7, 11) is 0. The molecule has 1 aromatic carbocycles. The Balaban J connectivity index is 0.0000120. The molecule has 49 heavy (non-hydrogen) atoms. The number of carbonyl (C=O) groups is 4. The molecule has 0 aliphatic carbocycles. The molecule has 2 aromatic rings. The summed E-state index contributed by atoms with van der Waals surface area (Å²) in [4.78, 5) is 60.2. The van der Waals surface area contributed by atoms with Crippen LogP contribution >= 0.6 is 37.7 Å². The number of carbonyl (C=O) groups excluding carboxylic acids is 4. The largest absolute Gasteiger partial charge is 0.464 e. The van der Waals surface area contributed by atoms with Crippen LogP contribution in [0.4, 0.5) is 5.82 Å². The Morgan fingerprint density at radius 2 is 1.59 bits per heavy atom. The first-order chi connectivity index (χ1) is 22.1. The fourth-order valence-corrected chi connectivity index (χ4v) is 4.57. The van der Waals surface area contributed by atoms with Crippen molar-refractivity contribution in [2.75, 3.05) is 12.3 Å². The topological polar surface area (TPSA) is 177 Å². The van der Waals surface area contributed by atoms with E-state index in [0.29, 0.717) is 29.1 Å². The van der Waals surface area contributed by atoms with Crippen LogP contribution in [-0.2, 0) is 36.9 Å². The van der Waals surface area contributed by atoms with Crippen molar-refractivity contribution in [3.8, 4) is 11.5 Å². The van der Waals surface area contributed by atoms with Gasteiger partial charge in [0.15, 0.2) is 11.5 Å². The molecule has 0 aliphatic heterocycles. The normalized spacial score (nSPS) is 13.4. The third kappa shape index (κ3) is 13.1. The molecule has 2 unspecified atom stereocenters. The number of allylic oxidation sites excluding steroid dienone is 1. The molecule has 4 N–H and O–H groups in total. The second kappa shape index (κ2) is 18.6. The van der Waals surface area contributed by atoms with E-state index in [0.717, 1.165) is 5.57 Å². The number of hydrogen-bond donors (Lipinski definition) is 4. The molecule has 0 saturated carbocycles. The number of aromatic nitrogens is 2. The number of ether oxygens (including phenoxy) is 3. The molecule has 0 saturated heterocycles. The van der Waals surface area contributed by atoms with Crippen LogP contribution in [0.3, 0.4) is 0 Å². The van der Waals surface area contributed by atoms with Gasteiger partial charge >= 0.3 is 17.9 Å². The molecule has 0 aliphatic rings. The van der Waals surface area contributed by atoms with Crippen molar-refractivity contribution in [1.82, 2.24) is 14.9 Å². The Labute approximate surface area is 306 Å². The highest BCUT2D eigenvalue weighted by Gasteiger charge is 2.29. The summed E-state index contributed by atoms with van der Waals surface area (Å²) in [6.07, 6.45) is 2.61. The minimum absolute atomic E-state index is 0. The fourth-order valence-electron chi connectivity index (χ4n) is 4.21. The van der Waals surface area contributed by atoms with Crippen LogP contribution < -0.4 is 20.9 Å². The molecule has 272 valence electrons. The van der Waals surface area contributed by atoms with E-state index in [2.05, 4.69) is 35.2 Å². The number of anilines is 1. The van der Waals surface area contributed by atoms with E-state index >= 15 is 0 Å². The van der Waals surface area contributed by atoms with Gasteiger partial charge in [0, 0.05) is 23.9 Å². The quantitative estimate of drug-likeness (QED) is 0.0655. The fraction of sp³-hybridized carbons (Fsp3) is 0.529. The number of esters is 3. The number of nitrogens with two attached hydrogens (primary N) is 2. The average molecular weight is 740 g/mol. The van der Waals surface area contributed by atoms with E-state index in [1.165, 1.54) is 17.0 Å². The molecule has 12 nitrogen and oxygen atoms in total. The van der Waals surface area contributed by atoms with E-state index < -0.39 is 34.8 Å². The van der Waals surface area contributed by atoms with Gasteiger partial charge < -0.3 is 30.6 Å². The summed E-state index contributed by atoms with van der Waals surface area (Å²) in [5.74, 6) is -0.972. The van der Waals surface area contributed by atoms with Crippen molar-refractivity contribution in [2.45, 2.75) is 92.3 Å². The number of aryl methyl sites for hydroxylation is 1. The smallest absolute Gasteiger partial charge is 0.323 e. The molecule has 0 bridgehead atoms. The van der Waals surface area contributed by atoms with Crippen molar-refractivity contribution < 1.29 is 33.4 Å². The maximum atomic E-state index is 13.0. The van der Waals surface area contributed by atoms with E-state index in [-0.39, 0.29) is 66.2 Å². The van der Waals surface area contributed by atoms with Crippen LogP contribution in [0.25, 0.3) is 0 Å². The van der Waals surface area contributed by atoms with E-state index in [4.69, 9.17) is 25.7 Å². The summed E-state index contributed by atoms with van der Waals surface area (Å²) in [6, 6.07) is 3.61. The van der Waals surface area contributed by atoms with Crippen molar-refractivity contribution >= 4 is 67.8 Å². The zero-order valence-electron chi connectivity index (χ0n) is 29.6. The molecule has 1 heterocycles. The van der Waals surface area contributed by atoms with Gasteiger partial charge in [-0.3, -0.25) is 19.2 Å². The minimum atomic E-state index is -1.05. The number of rotatable bonds is 14. The predicted octanol–water partition coefficient (Wildman–Crippen LogP) is 5.25. The Kier molecular flexibility index (Phi) is 16.6. The molecule has 0 spiro atoms. The Bertz CT molecular complexity index is 1520. The molecule has 0 radical (unpaired) electrons. The lowest BCUT2D eigenvalue weighted by Gasteiger charge is -2.27. The van der Waals surface area contributed by atoms with Crippen molar-refractivity contribution in [3.05, 3.63) is 52.6 Å². The Morgan fingerprint density at radius 3 is 2.10 bits per heavy atom. The minimum Gasteiger partial charge on any atom is -0.464 e. The van der Waals surface area contributed by atoms with Gasteiger partial charge in [-0.2, -0.15) is 25.3 Å². The molecule has 2 rings (SSSR count). The lowest BCUT2D eigenvalue weighted by molar-refractivity contribution is -0.145. The van der Waals surface area contributed by atoms with Gasteiger partial charge in [0.25, 0.3) is 0 Å². The predicted molar refractivity (Wildman–Crippen MR) is 198 cm³/mol. The van der Waals surface area contributed by atoms with E-state index in [9.17, 15) is 19.2 Å². The molecule has 2 atom stereocenters. The third-order valence-corrected chi connectivity index (χ3v) is 8.29. The number of halogens is 1. The van der Waals surface area contributed by atoms with Crippen molar-refractivity contribution in [2.24, 2.45) is 22.5 Å². The van der Waals surface area contributed by atoms with Crippen LogP contribution in [0.2, 0.25) is 0 Å². The van der Waals surface area contributed by atoms with Gasteiger partial charge in [0.1, 0.15) is 17.7 Å². The number of nitrogen functional groups attached to an aromatic ring is 1. The number of benzene rings is 1. The van der Waals surface area contributed by atoms with Gasteiger partial charge in [-0.25, -0.2) is 9.97 Å². The Morgan fingerprint density at radius 1 is 1.02 bits per heavy atom. The maximum Gasteiger partial charge on any atom is 0.323 e. The van der Waals surface area contributed by atoms with Crippen LogP contribution in [0.15, 0.2) is 35.7 Å². The first-order valence-corrected chi connectivity index (χ1v) is 16.5. The van der Waals surface area contributed by atoms with Gasteiger partial charge in [0.05, 0.1) is 28.6 Å². The van der Waals surface area contributed by atoms with Crippen LogP contribution in [0.1, 0.15) is 78.8 Å². The Hall–Kier alpha value is -3.33. The summed E-state index contributed by atoms with van der Waals surface area (Å²) >= 11 is 8.96. The first kappa shape index (κ1) is 43.7. The lowest BCUT2D eigenvalue weighted by Crippen LogP contribution is -2.35. The molecule has 1 amide bonds. The second-order valence-corrected chi connectivity index (χ2v) is 15.2. The van der Waals surface area contributed by atoms with Crippen LogP contribution in [0, 0.1) is 23.7 Å². The number of nitrogens with zero attached hydrogens (tertiary/aromatic N) is 3. The molecule has 15 heteroatoms. The van der Waals surface area contributed by atoms with Crippen molar-refractivity contribution in [1.29, 1.82) is 0 Å². The van der Waals surface area contributed by atoms with Gasteiger partial charge in [-0.05, 0) is 91.0 Å². The third-order valence-electron chi connectivity index (χ3n) is 7.39. The SMILES string of the molecule is CC(=C(CCOC(=O)C(N)Cc1ccc(OC(=O)C(C)(C)C)c(OC(=O)C(C)(C)C)c1)C(C)C(S)S)N(C=O)Cc1cnc(C)nc1N.Cl. The van der Waals surface area contributed by atoms with E-state index in [1.807, 2.05) is 6.92 Å². The zero-order valence-corrected chi connectivity index (χ0v) is 32.2. The van der Waals surface area contributed by atoms with Gasteiger partial charge in [-0.15, -0.1) is 12.4 Å². The van der Waals surface area contributed by atoms with Crippen LogP contribution in [0.5, 0.6) is 11.5 Å². The lowest BCUT2D eigenvalue weighted by atomic mass is 9.97. The summed E-state index contributed by atoms with van der Waals surface area (Å²) in [5, 5.41) is 0. The maximum absolute atomic E-state index is 13.0. The summed E-state index contributed by atoms with van der Waals surface area (Å²) < 4.78 is 16.3. The molecular weight excluding hydrogens is 690 g/mol. The highest BCUT2D eigenvalue weighted by molar-refractivity contribution is 7.99. The summed E-state index contributed by atoms with van der Waals surface area (Å²) in [5.41, 5.74) is 13.2. The number of amides is 1. The van der Waals surface area contributed by atoms with Crippen LogP contribution in [-0.4, -0.2) is 56.4 Å². The zero-order chi connectivity index (χ0) is 36.6. The molecule has 0 fully saturated rings. The first-order valence-electron chi connectivity index (χ1n) is 15.5. The van der Waals surface area contributed by atoms with Gasteiger partial charge in [-0.1, -0.05) is 13.0 Å². The van der Waals surface area contributed by atoms with E-state index in [1.54, 1.807) is 67.7 Å².